The Labute approximate surface area is 156 Å². The maximum absolute atomic E-state index is 12.4. The molecule has 1 aromatic heterocycles. The van der Waals surface area contributed by atoms with E-state index in [1.807, 2.05) is 0 Å². The average Bonchev–Trinajstić information content (AvgIpc) is 3.01. The normalized spacial score (nSPS) is 20.0. The lowest BCUT2D eigenvalue weighted by atomic mass is 10.0. The standard InChI is InChI=1S/C12H15N5O8S2/c1-24-7(18)3-6-9(27(21,22)23)11(20)17(6)15-10(19)8(16-25-2)5-4-26-12(13)14-5/h4,6,9H,3H2,1-2H3,(H2,13,14)(H,15,19)(H,21,22,23). The number of nitrogens with two attached hydrogens (primary N) is 1. The molecule has 1 fully saturated rings. The van der Waals surface area contributed by atoms with Crippen LogP contribution in [-0.4, -0.2) is 72.0 Å². The van der Waals surface area contributed by atoms with E-state index in [9.17, 15) is 27.4 Å². The Bertz CT molecular complexity index is 895. The summed E-state index contributed by atoms with van der Waals surface area (Å²) in [6.07, 6.45) is -0.576. The second kappa shape index (κ2) is 7.85. The van der Waals surface area contributed by atoms with Crippen molar-refractivity contribution in [2.45, 2.75) is 17.7 Å². The molecule has 0 bridgehead atoms. The van der Waals surface area contributed by atoms with Gasteiger partial charge in [0.25, 0.3) is 21.9 Å². The Balaban J connectivity index is 2.24. The van der Waals surface area contributed by atoms with Crippen molar-refractivity contribution in [1.29, 1.82) is 0 Å². The maximum Gasteiger partial charge on any atom is 0.307 e. The van der Waals surface area contributed by atoms with Crippen LogP contribution in [0.15, 0.2) is 10.5 Å². The van der Waals surface area contributed by atoms with E-state index in [-0.39, 0.29) is 16.5 Å². The zero-order chi connectivity index (χ0) is 20.4. The third-order valence-corrected chi connectivity index (χ3v) is 5.30. The van der Waals surface area contributed by atoms with Gasteiger partial charge in [-0.15, -0.1) is 11.3 Å². The second-order valence-electron chi connectivity index (χ2n) is 5.13. The zero-order valence-electron chi connectivity index (χ0n) is 14.0. The average molecular weight is 421 g/mol. The summed E-state index contributed by atoms with van der Waals surface area (Å²) >= 11 is 1.03. The van der Waals surface area contributed by atoms with E-state index in [1.165, 1.54) is 12.5 Å². The van der Waals surface area contributed by atoms with Gasteiger partial charge >= 0.3 is 5.97 Å². The minimum atomic E-state index is -4.80. The van der Waals surface area contributed by atoms with Crippen molar-refractivity contribution in [2.24, 2.45) is 5.16 Å². The quantitative estimate of drug-likeness (QED) is 0.148. The number of methoxy groups -OCH3 is 1. The molecule has 1 aromatic rings. The predicted molar refractivity (Wildman–Crippen MR) is 90.8 cm³/mol. The molecule has 0 aliphatic carbocycles. The molecule has 148 valence electrons. The molecular formula is C12H15N5O8S2. The van der Waals surface area contributed by atoms with Gasteiger partial charge in [0.05, 0.1) is 19.6 Å². The second-order valence-corrected chi connectivity index (χ2v) is 7.55. The van der Waals surface area contributed by atoms with Crippen molar-refractivity contribution in [3.63, 3.8) is 0 Å². The summed E-state index contributed by atoms with van der Waals surface area (Å²) in [6, 6.07) is -1.37. The molecule has 1 aliphatic rings. The molecule has 2 rings (SSSR count). The Hall–Kier alpha value is -2.78. The fourth-order valence-corrected chi connectivity index (χ4v) is 3.82. The summed E-state index contributed by atoms with van der Waals surface area (Å²) in [6.45, 7) is 0. The highest BCUT2D eigenvalue weighted by molar-refractivity contribution is 7.87. The molecule has 2 heterocycles. The third-order valence-electron chi connectivity index (χ3n) is 3.47. The van der Waals surface area contributed by atoms with E-state index < -0.39 is 45.6 Å². The summed E-state index contributed by atoms with van der Waals surface area (Å²) in [4.78, 5) is 44.4. The molecule has 1 saturated heterocycles. The Morgan fingerprint density at radius 1 is 1.48 bits per heavy atom. The highest BCUT2D eigenvalue weighted by Gasteiger charge is 2.56. The van der Waals surface area contributed by atoms with E-state index in [1.54, 1.807) is 0 Å². The number of ether oxygens (including phenoxy) is 1. The molecular weight excluding hydrogens is 406 g/mol. The number of anilines is 1. The minimum Gasteiger partial charge on any atom is -0.469 e. The summed E-state index contributed by atoms with van der Waals surface area (Å²) in [7, 11) is -2.57. The number of rotatable bonds is 7. The van der Waals surface area contributed by atoms with Gasteiger partial charge in [-0.3, -0.25) is 24.4 Å². The number of β-lactam (4-membered cyclic amide) rings is 1. The number of hydrogen-bond acceptors (Lipinski definition) is 11. The topological polar surface area (TPSA) is 191 Å². The number of nitrogen functional groups attached to an aromatic ring is 1. The van der Waals surface area contributed by atoms with Crippen LogP contribution >= 0.6 is 11.3 Å². The van der Waals surface area contributed by atoms with Crippen molar-refractivity contribution in [3.8, 4) is 0 Å². The van der Waals surface area contributed by atoms with Gasteiger partial charge in [0.1, 0.15) is 12.8 Å². The number of aromatic nitrogens is 1. The highest BCUT2D eigenvalue weighted by atomic mass is 32.2. The molecule has 2 atom stereocenters. The largest absolute Gasteiger partial charge is 0.469 e. The number of nitrogens with zero attached hydrogens (tertiary/aromatic N) is 3. The fourth-order valence-electron chi connectivity index (χ4n) is 2.29. The van der Waals surface area contributed by atoms with E-state index >= 15 is 0 Å². The van der Waals surface area contributed by atoms with Crippen molar-refractivity contribution in [3.05, 3.63) is 11.1 Å². The van der Waals surface area contributed by atoms with Crippen molar-refractivity contribution in [2.75, 3.05) is 20.0 Å². The number of hydrogen-bond donors (Lipinski definition) is 3. The monoisotopic (exact) mass is 421 g/mol. The van der Waals surface area contributed by atoms with Gasteiger partial charge in [-0.2, -0.15) is 8.42 Å². The molecule has 0 saturated carbocycles. The van der Waals surface area contributed by atoms with Crippen LogP contribution in [0.2, 0.25) is 0 Å². The number of esters is 1. The fraction of sp³-hybridized carbons (Fsp3) is 0.417. The first-order valence-corrected chi connectivity index (χ1v) is 9.48. The number of oxime groups is 1. The number of nitrogens with one attached hydrogen (secondary N) is 1. The minimum absolute atomic E-state index is 0.0562. The van der Waals surface area contributed by atoms with Gasteiger partial charge in [0.2, 0.25) is 0 Å². The Morgan fingerprint density at radius 2 is 2.15 bits per heavy atom. The molecule has 4 N–H and O–H groups in total. The van der Waals surface area contributed by atoms with Crippen LogP contribution < -0.4 is 11.2 Å². The predicted octanol–water partition coefficient (Wildman–Crippen LogP) is -1.86. The Kier molecular flexibility index (Phi) is 5.97. The van der Waals surface area contributed by atoms with Gasteiger partial charge in [-0.1, -0.05) is 5.16 Å². The molecule has 2 amide bonds. The van der Waals surface area contributed by atoms with E-state index in [0.717, 1.165) is 18.4 Å². The number of hydrazine groups is 1. The number of carbonyl (C=O) groups excluding carboxylic acids is 3. The van der Waals surface area contributed by atoms with Crippen LogP contribution in [0, 0.1) is 0 Å². The third kappa shape index (κ3) is 4.32. The first kappa shape index (κ1) is 20.5. The van der Waals surface area contributed by atoms with Crippen LogP contribution in [0.5, 0.6) is 0 Å². The number of carbonyl (C=O) groups is 3. The maximum atomic E-state index is 12.4. The summed E-state index contributed by atoms with van der Waals surface area (Å²) in [5.74, 6) is -2.95. The van der Waals surface area contributed by atoms with Crippen LogP contribution in [0.1, 0.15) is 12.1 Å². The lowest BCUT2D eigenvalue weighted by molar-refractivity contribution is -0.159. The molecule has 1 aliphatic heterocycles. The molecule has 13 nitrogen and oxygen atoms in total. The number of amides is 2. The SMILES string of the molecule is CON=C(C(=O)NN1C(=O)C(S(=O)(=O)O)C1CC(=O)OC)c1csc(N)n1. The first-order valence-electron chi connectivity index (χ1n) is 7.09. The molecule has 0 radical (unpaired) electrons. The lowest BCUT2D eigenvalue weighted by Gasteiger charge is -2.44. The van der Waals surface area contributed by atoms with Crippen LogP contribution in [0.4, 0.5) is 5.13 Å². The van der Waals surface area contributed by atoms with Gasteiger partial charge < -0.3 is 15.3 Å². The lowest BCUT2D eigenvalue weighted by Crippen LogP contribution is -2.73. The zero-order valence-corrected chi connectivity index (χ0v) is 15.6. The van der Waals surface area contributed by atoms with Crippen LogP contribution in [-0.2, 0) is 34.1 Å². The molecule has 15 heteroatoms. The first-order chi connectivity index (χ1) is 12.6. The van der Waals surface area contributed by atoms with Gasteiger partial charge in [0.15, 0.2) is 16.1 Å². The van der Waals surface area contributed by atoms with Gasteiger partial charge in [0, 0.05) is 5.38 Å². The van der Waals surface area contributed by atoms with E-state index in [2.05, 4.69) is 25.1 Å². The van der Waals surface area contributed by atoms with Crippen molar-refractivity contribution >= 4 is 50.1 Å². The van der Waals surface area contributed by atoms with Crippen LogP contribution in [0.3, 0.4) is 0 Å². The smallest absolute Gasteiger partial charge is 0.307 e. The molecule has 27 heavy (non-hydrogen) atoms. The molecule has 0 spiro atoms. The van der Waals surface area contributed by atoms with Crippen LogP contribution in [0.25, 0.3) is 0 Å². The Morgan fingerprint density at radius 3 is 2.63 bits per heavy atom. The van der Waals surface area contributed by atoms with E-state index in [4.69, 9.17) is 5.73 Å². The van der Waals surface area contributed by atoms with Crippen molar-refractivity contribution < 1.29 is 36.9 Å². The summed E-state index contributed by atoms with van der Waals surface area (Å²) in [5, 5.41) is 3.76. The molecule has 0 aromatic carbocycles. The highest BCUT2D eigenvalue weighted by Crippen LogP contribution is 2.27. The number of thiazole rings is 1. The van der Waals surface area contributed by atoms with Gasteiger partial charge in [-0.25, -0.2) is 9.99 Å². The summed E-state index contributed by atoms with van der Waals surface area (Å²) in [5.41, 5.74) is 7.33. The molecule has 2 unspecified atom stereocenters. The van der Waals surface area contributed by atoms with Crippen molar-refractivity contribution in [1.82, 2.24) is 15.4 Å². The van der Waals surface area contributed by atoms with Gasteiger partial charge in [-0.05, 0) is 0 Å². The summed E-state index contributed by atoms with van der Waals surface area (Å²) < 4.78 is 36.4. The van der Waals surface area contributed by atoms with E-state index in [0.29, 0.717) is 5.01 Å².